The number of para-hydroxylation sites is 1. The zero-order chi connectivity index (χ0) is 21.6. The molecule has 0 bridgehead atoms. The number of piperidine rings is 1. The highest BCUT2D eigenvalue weighted by Gasteiger charge is 2.27. The number of nitrogens with one attached hydrogen (secondary N) is 1. The first-order valence-corrected chi connectivity index (χ1v) is 12.7. The molecular formula is C24H35N5OS. The fraction of sp³-hybridized carbons (Fsp3) is 0.625. The third-order valence-electron chi connectivity index (χ3n) is 6.62. The summed E-state index contributed by atoms with van der Waals surface area (Å²) in [4.78, 5) is 15.4. The number of rotatable bonds is 7. The monoisotopic (exact) mass is 441 g/mol. The average molecular weight is 442 g/mol. The Morgan fingerprint density at radius 3 is 2.58 bits per heavy atom. The Morgan fingerprint density at radius 2 is 1.84 bits per heavy atom. The molecule has 1 saturated heterocycles. The first-order chi connectivity index (χ1) is 15.1. The molecule has 168 valence electrons. The number of likely N-dealkylation sites (tertiary alicyclic amines) is 1. The minimum atomic E-state index is -0.219. The van der Waals surface area contributed by atoms with Gasteiger partial charge in [-0.2, -0.15) is 0 Å². The molecule has 2 aliphatic rings. The zero-order valence-corrected chi connectivity index (χ0v) is 19.6. The third kappa shape index (κ3) is 5.69. The van der Waals surface area contributed by atoms with Crippen molar-refractivity contribution < 1.29 is 4.79 Å². The van der Waals surface area contributed by atoms with Gasteiger partial charge in [0.25, 0.3) is 0 Å². The van der Waals surface area contributed by atoms with Crippen LogP contribution in [0.2, 0.25) is 0 Å². The molecule has 1 aromatic carbocycles. The molecule has 3 atom stereocenters. The van der Waals surface area contributed by atoms with Crippen LogP contribution in [0.1, 0.15) is 64.6 Å². The van der Waals surface area contributed by atoms with E-state index in [2.05, 4.69) is 44.0 Å². The predicted molar refractivity (Wildman–Crippen MR) is 125 cm³/mol. The molecule has 0 spiro atoms. The highest BCUT2D eigenvalue weighted by atomic mass is 32.2. The second-order valence-corrected chi connectivity index (χ2v) is 10.4. The molecule has 1 N–H and O–H groups in total. The topological polar surface area (TPSA) is 63.1 Å². The zero-order valence-electron chi connectivity index (χ0n) is 18.8. The Kier molecular flexibility index (Phi) is 7.67. The molecule has 1 aromatic heterocycles. The number of nitrogens with zero attached hydrogens (tertiary/aromatic N) is 4. The lowest BCUT2D eigenvalue weighted by molar-refractivity contribution is -0.121. The molecule has 7 heteroatoms. The second-order valence-electron chi connectivity index (χ2n) is 9.04. The second kappa shape index (κ2) is 10.6. The van der Waals surface area contributed by atoms with Crippen molar-refractivity contribution in [3.8, 4) is 5.69 Å². The molecule has 1 aliphatic carbocycles. The van der Waals surface area contributed by atoms with Crippen molar-refractivity contribution in [3.05, 3.63) is 36.2 Å². The molecule has 2 fully saturated rings. The van der Waals surface area contributed by atoms with E-state index in [4.69, 9.17) is 0 Å². The van der Waals surface area contributed by atoms with Gasteiger partial charge >= 0.3 is 0 Å². The maximum absolute atomic E-state index is 12.9. The van der Waals surface area contributed by atoms with Crippen LogP contribution in [0.3, 0.4) is 0 Å². The smallest absolute Gasteiger partial charge is 0.233 e. The maximum atomic E-state index is 12.9. The van der Waals surface area contributed by atoms with E-state index in [1.807, 2.05) is 25.1 Å². The van der Waals surface area contributed by atoms with E-state index < -0.39 is 0 Å². The first kappa shape index (κ1) is 22.3. The number of carbonyl (C=O) groups excluding carboxylic acids is 1. The molecule has 2 aromatic rings. The Bertz CT molecular complexity index is 849. The van der Waals surface area contributed by atoms with Gasteiger partial charge in [0, 0.05) is 11.7 Å². The molecule has 0 radical (unpaired) electrons. The molecule has 3 unspecified atom stereocenters. The van der Waals surface area contributed by atoms with Crippen LogP contribution in [0.4, 0.5) is 0 Å². The summed E-state index contributed by atoms with van der Waals surface area (Å²) in [6.07, 6.45) is 8.58. The maximum Gasteiger partial charge on any atom is 0.233 e. The van der Waals surface area contributed by atoms with Gasteiger partial charge in [0.15, 0.2) is 11.0 Å². The van der Waals surface area contributed by atoms with Crippen LogP contribution in [-0.2, 0) is 11.3 Å². The van der Waals surface area contributed by atoms with E-state index >= 15 is 0 Å². The highest BCUT2D eigenvalue weighted by Crippen LogP contribution is 2.28. The summed E-state index contributed by atoms with van der Waals surface area (Å²) in [5.41, 5.74) is 1.05. The summed E-state index contributed by atoms with van der Waals surface area (Å²) < 4.78 is 2.13. The van der Waals surface area contributed by atoms with Gasteiger partial charge in [0.2, 0.25) is 5.91 Å². The van der Waals surface area contributed by atoms with Gasteiger partial charge in [0.1, 0.15) is 0 Å². The van der Waals surface area contributed by atoms with E-state index in [-0.39, 0.29) is 11.2 Å². The van der Waals surface area contributed by atoms with E-state index in [1.54, 1.807) is 0 Å². The summed E-state index contributed by atoms with van der Waals surface area (Å²) >= 11 is 1.50. The number of benzene rings is 1. The van der Waals surface area contributed by atoms with Crippen molar-refractivity contribution in [2.75, 3.05) is 13.1 Å². The van der Waals surface area contributed by atoms with Gasteiger partial charge in [-0.3, -0.25) is 14.3 Å². The van der Waals surface area contributed by atoms with Crippen LogP contribution in [-0.4, -0.2) is 50.0 Å². The summed E-state index contributed by atoms with van der Waals surface area (Å²) in [6.45, 7) is 7.25. The minimum Gasteiger partial charge on any atom is -0.352 e. The number of hydrogen-bond donors (Lipinski definition) is 1. The Balaban J connectivity index is 1.49. The average Bonchev–Trinajstić information content (AvgIpc) is 3.18. The third-order valence-corrected chi connectivity index (χ3v) is 7.66. The lowest BCUT2D eigenvalue weighted by atomic mass is 9.86. The van der Waals surface area contributed by atoms with Crippen LogP contribution >= 0.6 is 11.8 Å². The molecule has 2 heterocycles. The first-order valence-electron chi connectivity index (χ1n) is 11.8. The molecule has 1 amide bonds. The number of hydrogen-bond acceptors (Lipinski definition) is 5. The fourth-order valence-corrected chi connectivity index (χ4v) is 5.57. The van der Waals surface area contributed by atoms with Gasteiger partial charge in [-0.15, -0.1) is 10.2 Å². The van der Waals surface area contributed by atoms with Crippen LogP contribution in [0.25, 0.3) is 5.69 Å². The quantitative estimate of drug-likeness (QED) is 0.644. The largest absolute Gasteiger partial charge is 0.352 e. The van der Waals surface area contributed by atoms with Crippen molar-refractivity contribution >= 4 is 17.7 Å². The van der Waals surface area contributed by atoms with Gasteiger partial charge in [0.05, 0.1) is 11.8 Å². The standard InChI is InChI=1S/C24H35N5OS/c1-18-11-7-8-14-21(18)25-23(30)19(2)31-24-27-26-22(17-28-15-9-4-10-16-28)29(24)20-12-5-3-6-13-20/h3,5-6,12-13,18-19,21H,4,7-11,14-17H2,1-2H3,(H,25,30). The van der Waals surface area contributed by atoms with Crippen molar-refractivity contribution in [2.24, 2.45) is 5.92 Å². The van der Waals surface area contributed by atoms with Crippen LogP contribution in [0.15, 0.2) is 35.5 Å². The number of thioether (sulfide) groups is 1. The van der Waals surface area contributed by atoms with E-state index in [0.717, 1.165) is 42.7 Å². The number of carbonyl (C=O) groups is 1. The lowest BCUT2D eigenvalue weighted by Gasteiger charge is -2.30. The van der Waals surface area contributed by atoms with Gasteiger partial charge in [-0.1, -0.05) is 56.1 Å². The Hall–Kier alpha value is -1.86. The molecule has 31 heavy (non-hydrogen) atoms. The molecular weight excluding hydrogens is 406 g/mol. The summed E-state index contributed by atoms with van der Waals surface area (Å²) in [7, 11) is 0. The van der Waals surface area contributed by atoms with Crippen LogP contribution in [0, 0.1) is 5.92 Å². The van der Waals surface area contributed by atoms with Crippen molar-refractivity contribution in [2.45, 2.75) is 81.8 Å². The van der Waals surface area contributed by atoms with Gasteiger partial charge < -0.3 is 5.32 Å². The van der Waals surface area contributed by atoms with Crippen molar-refractivity contribution in [3.63, 3.8) is 0 Å². The number of aromatic nitrogens is 3. The van der Waals surface area contributed by atoms with Crippen LogP contribution in [0.5, 0.6) is 0 Å². The normalized spacial score (nSPS) is 23.4. The lowest BCUT2D eigenvalue weighted by Crippen LogP contribution is -2.44. The van der Waals surface area contributed by atoms with Crippen molar-refractivity contribution in [1.82, 2.24) is 25.0 Å². The highest BCUT2D eigenvalue weighted by molar-refractivity contribution is 8.00. The molecule has 4 rings (SSSR count). The Morgan fingerprint density at radius 1 is 1.10 bits per heavy atom. The summed E-state index contributed by atoms with van der Waals surface area (Å²) in [5, 5.41) is 12.9. The minimum absolute atomic E-state index is 0.101. The van der Waals surface area contributed by atoms with E-state index in [9.17, 15) is 4.79 Å². The van der Waals surface area contributed by atoms with Crippen molar-refractivity contribution in [1.29, 1.82) is 0 Å². The SMILES string of the molecule is CC(Sc1nnc(CN2CCCCC2)n1-c1ccccc1)C(=O)NC1CCCCC1C. The summed E-state index contributed by atoms with van der Waals surface area (Å²) in [5.74, 6) is 1.60. The van der Waals surface area contributed by atoms with Gasteiger partial charge in [-0.05, 0) is 63.7 Å². The fourth-order valence-electron chi connectivity index (χ4n) is 4.68. The predicted octanol–water partition coefficient (Wildman–Crippen LogP) is 4.43. The van der Waals surface area contributed by atoms with E-state index in [0.29, 0.717) is 12.0 Å². The summed E-state index contributed by atoms with van der Waals surface area (Å²) in [6, 6.07) is 10.6. The molecule has 1 aliphatic heterocycles. The number of amides is 1. The molecule has 6 nitrogen and oxygen atoms in total. The van der Waals surface area contributed by atoms with Crippen LogP contribution < -0.4 is 5.32 Å². The Labute approximate surface area is 190 Å². The molecule has 1 saturated carbocycles. The van der Waals surface area contributed by atoms with Gasteiger partial charge in [-0.25, -0.2) is 0 Å². The van der Waals surface area contributed by atoms with E-state index in [1.165, 1.54) is 50.3 Å².